The van der Waals surface area contributed by atoms with E-state index < -0.39 is 0 Å². The topological polar surface area (TPSA) is 46.3 Å². The van der Waals surface area contributed by atoms with E-state index in [4.69, 9.17) is 17.3 Å². The van der Waals surface area contributed by atoms with Gasteiger partial charge in [-0.1, -0.05) is 11.6 Å². The lowest BCUT2D eigenvalue weighted by Gasteiger charge is -2.14. The van der Waals surface area contributed by atoms with Crippen molar-refractivity contribution >= 4 is 35.0 Å². The summed E-state index contributed by atoms with van der Waals surface area (Å²) in [5, 5.41) is 0.594. The second-order valence-electron chi connectivity index (χ2n) is 3.39. The van der Waals surface area contributed by atoms with Gasteiger partial charge in [0.2, 0.25) is 5.91 Å². The molecule has 0 saturated carbocycles. The van der Waals surface area contributed by atoms with E-state index in [2.05, 4.69) is 0 Å². The Morgan fingerprint density at radius 2 is 2.25 bits per heavy atom. The minimum absolute atomic E-state index is 0.0976. The maximum absolute atomic E-state index is 11.6. The number of rotatable bonds is 4. The van der Waals surface area contributed by atoms with Gasteiger partial charge < -0.3 is 10.6 Å². The summed E-state index contributed by atoms with van der Waals surface area (Å²) in [5.41, 5.74) is 6.22. The lowest BCUT2D eigenvalue weighted by Crippen LogP contribution is -2.27. The quantitative estimate of drug-likeness (QED) is 0.667. The first-order valence-electron chi connectivity index (χ1n) is 4.96. The molecule has 1 aromatic carbocycles. The number of nitrogen functional groups attached to an aromatic ring is 1. The number of anilines is 1. The minimum Gasteiger partial charge on any atom is -0.399 e. The molecule has 0 fully saturated rings. The van der Waals surface area contributed by atoms with Gasteiger partial charge in [0, 0.05) is 24.2 Å². The first-order valence-corrected chi connectivity index (χ1v) is 6.32. The number of carbonyl (C=O) groups excluding carboxylic acids is 1. The van der Waals surface area contributed by atoms with Gasteiger partial charge in [-0.2, -0.15) is 0 Å². The number of hydrogen-bond donors (Lipinski definition) is 1. The molecule has 0 saturated heterocycles. The largest absolute Gasteiger partial charge is 0.399 e. The number of nitrogens with zero attached hydrogens (tertiary/aromatic N) is 1. The van der Waals surface area contributed by atoms with Crippen LogP contribution in [-0.4, -0.2) is 30.2 Å². The second-order valence-corrected chi connectivity index (χ2v) is 4.81. The third-order valence-electron chi connectivity index (χ3n) is 2.21. The number of halogens is 1. The normalized spacial score (nSPS) is 10.2. The van der Waals surface area contributed by atoms with E-state index in [0.717, 1.165) is 11.4 Å². The Labute approximate surface area is 105 Å². The van der Waals surface area contributed by atoms with E-state index in [-0.39, 0.29) is 5.91 Å². The summed E-state index contributed by atoms with van der Waals surface area (Å²) in [6.07, 6.45) is 0. The van der Waals surface area contributed by atoms with Gasteiger partial charge in [0.1, 0.15) is 0 Å². The third-order valence-corrected chi connectivity index (χ3v) is 3.69. The molecule has 2 N–H and O–H groups in total. The Morgan fingerprint density at radius 3 is 2.81 bits per heavy atom. The van der Waals surface area contributed by atoms with Crippen molar-refractivity contribution in [2.75, 3.05) is 25.1 Å². The van der Waals surface area contributed by atoms with E-state index in [1.54, 1.807) is 24.1 Å². The molecular weight excluding hydrogens is 244 g/mol. The van der Waals surface area contributed by atoms with Crippen molar-refractivity contribution in [1.29, 1.82) is 0 Å². The number of thioether (sulfide) groups is 1. The molecule has 0 unspecified atom stereocenters. The van der Waals surface area contributed by atoms with Crippen LogP contribution in [0.1, 0.15) is 6.92 Å². The van der Waals surface area contributed by atoms with E-state index in [1.807, 2.05) is 13.0 Å². The Hall–Kier alpha value is -0.870. The van der Waals surface area contributed by atoms with Crippen LogP contribution >= 0.6 is 23.4 Å². The molecule has 1 aromatic rings. The highest BCUT2D eigenvalue weighted by Crippen LogP contribution is 2.28. The van der Waals surface area contributed by atoms with Crippen LogP contribution in [-0.2, 0) is 4.79 Å². The van der Waals surface area contributed by atoms with Crippen LogP contribution in [0.15, 0.2) is 23.1 Å². The summed E-state index contributed by atoms with van der Waals surface area (Å²) in [4.78, 5) is 14.1. The average molecular weight is 259 g/mol. The maximum atomic E-state index is 11.6. The van der Waals surface area contributed by atoms with Crippen molar-refractivity contribution in [3.63, 3.8) is 0 Å². The van der Waals surface area contributed by atoms with Gasteiger partial charge in [0.25, 0.3) is 0 Å². The van der Waals surface area contributed by atoms with Crippen LogP contribution in [0.3, 0.4) is 0 Å². The van der Waals surface area contributed by atoms with Gasteiger partial charge in [-0.15, -0.1) is 11.8 Å². The van der Waals surface area contributed by atoms with Crippen LogP contribution in [0, 0.1) is 0 Å². The van der Waals surface area contributed by atoms with Gasteiger partial charge in [0.05, 0.1) is 10.8 Å². The van der Waals surface area contributed by atoms with Crippen LogP contribution in [0.25, 0.3) is 0 Å². The molecule has 0 aromatic heterocycles. The highest BCUT2D eigenvalue weighted by molar-refractivity contribution is 8.00. The second kappa shape index (κ2) is 6.01. The van der Waals surface area contributed by atoms with Gasteiger partial charge in [-0.3, -0.25) is 4.79 Å². The third kappa shape index (κ3) is 3.61. The summed E-state index contributed by atoms with van der Waals surface area (Å²) in [5.74, 6) is 0.494. The van der Waals surface area contributed by atoms with Crippen molar-refractivity contribution in [2.45, 2.75) is 11.8 Å². The van der Waals surface area contributed by atoms with E-state index in [1.165, 1.54) is 11.8 Å². The first-order chi connectivity index (χ1) is 7.54. The molecule has 3 nitrogen and oxygen atoms in total. The standard InChI is InChI=1S/C11H15ClN2OS/c1-3-14(2)11(15)7-16-10-5-4-8(13)6-9(10)12/h4-6H,3,7,13H2,1-2H3. The highest BCUT2D eigenvalue weighted by Gasteiger charge is 2.08. The van der Waals surface area contributed by atoms with Crippen LogP contribution in [0.4, 0.5) is 5.69 Å². The molecule has 0 spiro atoms. The SMILES string of the molecule is CCN(C)C(=O)CSc1ccc(N)cc1Cl. The first kappa shape index (κ1) is 13.2. The van der Waals surface area contributed by atoms with Crippen LogP contribution in [0.5, 0.6) is 0 Å². The highest BCUT2D eigenvalue weighted by atomic mass is 35.5. The molecule has 0 bridgehead atoms. The molecule has 1 amide bonds. The van der Waals surface area contributed by atoms with Gasteiger partial charge in [-0.25, -0.2) is 0 Å². The molecule has 0 aliphatic carbocycles. The number of amides is 1. The molecule has 1 rings (SSSR count). The van der Waals surface area contributed by atoms with E-state index >= 15 is 0 Å². The zero-order valence-electron chi connectivity index (χ0n) is 9.37. The van der Waals surface area contributed by atoms with Crippen molar-refractivity contribution in [3.8, 4) is 0 Å². The minimum atomic E-state index is 0.0976. The number of nitrogens with two attached hydrogens (primary N) is 1. The van der Waals surface area contributed by atoms with E-state index in [0.29, 0.717) is 16.5 Å². The lowest BCUT2D eigenvalue weighted by molar-refractivity contribution is -0.126. The number of carbonyl (C=O) groups is 1. The fraction of sp³-hybridized carbons (Fsp3) is 0.364. The molecule has 0 atom stereocenters. The van der Waals surface area contributed by atoms with Gasteiger partial charge in [0.15, 0.2) is 0 Å². The summed E-state index contributed by atoms with van der Waals surface area (Å²) in [6, 6.07) is 5.31. The molecule has 16 heavy (non-hydrogen) atoms. The van der Waals surface area contributed by atoms with Crippen molar-refractivity contribution in [2.24, 2.45) is 0 Å². The zero-order chi connectivity index (χ0) is 12.1. The zero-order valence-corrected chi connectivity index (χ0v) is 10.9. The molecule has 0 radical (unpaired) electrons. The predicted octanol–water partition coefficient (Wildman–Crippen LogP) is 2.49. The Morgan fingerprint density at radius 1 is 1.56 bits per heavy atom. The Kier molecular flexibility index (Phi) is 4.96. The summed E-state index contributed by atoms with van der Waals surface area (Å²) < 4.78 is 0. The van der Waals surface area contributed by atoms with Gasteiger partial charge >= 0.3 is 0 Å². The average Bonchev–Trinajstić information content (AvgIpc) is 2.26. The molecule has 5 heteroatoms. The van der Waals surface area contributed by atoms with Crippen molar-refractivity contribution in [1.82, 2.24) is 4.90 Å². The molecule has 0 heterocycles. The molecule has 88 valence electrons. The van der Waals surface area contributed by atoms with Crippen LogP contribution < -0.4 is 5.73 Å². The monoisotopic (exact) mass is 258 g/mol. The lowest BCUT2D eigenvalue weighted by atomic mass is 10.3. The summed E-state index contributed by atoms with van der Waals surface area (Å²) >= 11 is 7.43. The molecule has 0 aliphatic rings. The smallest absolute Gasteiger partial charge is 0.232 e. The number of hydrogen-bond acceptors (Lipinski definition) is 3. The number of benzene rings is 1. The Bertz CT molecular complexity index is 384. The van der Waals surface area contributed by atoms with E-state index in [9.17, 15) is 4.79 Å². The summed E-state index contributed by atoms with van der Waals surface area (Å²) in [6.45, 7) is 2.66. The van der Waals surface area contributed by atoms with Crippen LogP contribution in [0.2, 0.25) is 5.02 Å². The van der Waals surface area contributed by atoms with Crippen molar-refractivity contribution < 1.29 is 4.79 Å². The Balaban J connectivity index is 2.58. The maximum Gasteiger partial charge on any atom is 0.232 e. The molecular formula is C11H15ClN2OS. The summed E-state index contributed by atoms with van der Waals surface area (Å²) in [7, 11) is 1.79. The fourth-order valence-electron chi connectivity index (χ4n) is 1.06. The fourth-order valence-corrected chi connectivity index (χ4v) is 2.27. The molecule has 0 aliphatic heterocycles. The predicted molar refractivity (Wildman–Crippen MR) is 69.9 cm³/mol. The van der Waals surface area contributed by atoms with Crippen molar-refractivity contribution in [3.05, 3.63) is 23.2 Å². The van der Waals surface area contributed by atoms with Gasteiger partial charge in [-0.05, 0) is 25.1 Å².